The van der Waals surface area contributed by atoms with E-state index in [1.54, 1.807) is 36.4 Å². The lowest BCUT2D eigenvalue weighted by molar-refractivity contribution is -0.144. The number of rotatable bonds is 17. The summed E-state index contributed by atoms with van der Waals surface area (Å²) in [4.78, 5) is 42.6. The van der Waals surface area contributed by atoms with Crippen molar-refractivity contribution in [1.82, 2.24) is 10.3 Å². The molecule has 2 unspecified atom stereocenters. The molecule has 1 spiro atoms. The Morgan fingerprint density at radius 2 is 1.77 bits per heavy atom. The summed E-state index contributed by atoms with van der Waals surface area (Å²) in [6.45, 7) is 5.35. The van der Waals surface area contributed by atoms with Gasteiger partial charge >= 0.3 is 11.9 Å². The second kappa shape index (κ2) is 18.5. The van der Waals surface area contributed by atoms with E-state index in [4.69, 9.17) is 25.8 Å². The molecule has 12 heteroatoms. The molecular formula is C48H56ClN3O8. The van der Waals surface area contributed by atoms with Gasteiger partial charge in [0.25, 0.3) is 0 Å². The Balaban J connectivity index is 1.05. The van der Waals surface area contributed by atoms with Crippen LogP contribution in [0.1, 0.15) is 112 Å². The Morgan fingerprint density at radius 3 is 2.52 bits per heavy atom. The topological polar surface area (TPSA) is 156 Å². The first kappa shape index (κ1) is 42.8. The number of carbonyl (C=O) groups excluding carboxylic acids is 1. The number of methoxy groups -OCH3 is 1. The van der Waals surface area contributed by atoms with Gasteiger partial charge in [0.1, 0.15) is 22.8 Å². The van der Waals surface area contributed by atoms with E-state index in [-0.39, 0.29) is 30.3 Å². The number of nitrogens with zero attached hydrogens (tertiary/aromatic N) is 1. The number of amides is 1. The van der Waals surface area contributed by atoms with Gasteiger partial charge in [0.2, 0.25) is 5.91 Å². The molecule has 7 rings (SSSR count). The Kier molecular flexibility index (Phi) is 13.2. The van der Waals surface area contributed by atoms with E-state index in [2.05, 4.69) is 41.6 Å². The molecule has 0 saturated heterocycles. The standard InChI is InChI=1S/C48H56ClN3O8/c1-30(29-60-41-17-22-50-40-13-4-8-31(2)43(40)41)24-34-25-32-15-16-38(59-23-7-14-42(53)51-44(45(54)55)33-9-5-12-37(26-33)58-3)28-39(32)47(34)18-20-48(21-19-47,46(56)57)52-36-11-6-10-35(49)27-36/h5-6,9-12,15-17,22,26-28,30-31,34,44,52H,4,7-8,13-14,18-21,23-25,29H2,1-3H3,(H,51,53)(H,54,55)(H,56,57)/t30-,31-,34?,44?,47?,48?/m1/s1. The van der Waals surface area contributed by atoms with Crippen molar-refractivity contribution in [3.05, 3.63) is 112 Å². The predicted molar refractivity (Wildman–Crippen MR) is 230 cm³/mol. The normalized spacial score (nSPS) is 22.8. The van der Waals surface area contributed by atoms with E-state index >= 15 is 0 Å². The Morgan fingerprint density at radius 1 is 0.967 bits per heavy atom. The molecule has 4 N–H and O–H groups in total. The number of carboxylic acids is 2. The predicted octanol–water partition coefficient (Wildman–Crippen LogP) is 9.31. The van der Waals surface area contributed by atoms with E-state index in [0.29, 0.717) is 72.4 Å². The van der Waals surface area contributed by atoms with Crippen LogP contribution in [0.3, 0.4) is 0 Å². The zero-order chi connectivity index (χ0) is 42.4. The van der Waals surface area contributed by atoms with Crippen LogP contribution in [0.15, 0.2) is 79.0 Å². The molecule has 1 heterocycles. The van der Waals surface area contributed by atoms with E-state index < -0.39 is 29.4 Å². The lowest BCUT2D eigenvalue weighted by Gasteiger charge is -2.47. The first-order valence-electron chi connectivity index (χ1n) is 21.2. The molecule has 1 saturated carbocycles. The number of benzene rings is 3. The van der Waals surface area contributed by atoms with Crippen LogP contribution in [0.5, 0.6) is 17.2 Å². The molecule has 4 atom stereocenters. The van der Waals surface area contributed by atoms with Gasteiger partial charge in [0.05, 0.1) is 20.3 Å². The summed E-state index contributed by atoms with van der Waals surface area (Å²) in [5, 5.41) is 27.1. The summed E-state index contributed by atoms with van der Waals surface area (Å²) in [7, 11) is 1.50. The number of anilines is 1. The molecule has 0 bridgehead atoms. The fraction of sp³-hybridized carbons (Fsp3) is 0.458. The van der Waals surface area contributed by atoms with E-state index in [0.717, 1.165) is 43.5 Å². The Labute approximate surface area is 357 Å². The molecule has 1 amide bonds. The van der Waals surface area contributed by atoms with Crippen LogP contribution in [-0.4, -0.2) is 58.9 Å². The van der Waals surface area contributed by atoms with Gasteiger partial charge in [0, 0.05) is 34.6 Å². The third-order valence-electron chi connectivity index (χ3n) is 13.1. The highest BCUT2D eigenvalue weighted by Crippen LogP contribution is 2.57. The zero-order valence-electron chi connectivity index (χ0n) is 34.7. The van der Waals surface area contributed by atoms with Gasteiger partial charge in [-0.1, -0.05) is 49.7 Å². The minimum Gasteiger partial charge on any atom is -0.497 e. The van der Waals surface area contributed by atoms with Crippen LogP contribution in [0.2, 0.25) is 5.02 Å². The van der Waals surface area contributed by atoms with E-state index in [9.17, 15) is 24.6 Å². The largest absolute Gasteiger partial charge is 0.497 e. The minimum absolute atomic E-state index is 0.0861. The molecule has 60 heavy (non-hydrogen) atoms. The second-order valence-electron chi connectivity index (χ2n) is 17.1. The number of aromatic nitrogens is 1. The number of aliphatic carboxylic acids is 2. The third-order valence-corrected chi connectivity index (χ3v) is 13.3. The van der Waals surface area contributed by atoms with E-state index in [1.165, 1.54) is 23.8 Å². The third kappa shape index (κ3) is 9.36. The number of carbonyl (C=O) groups is 3. The maximum absolute atomic E-state index is 13.1. The monoisotopic (exact) mass is 837 g/mol. The van der Waals surface area contributed by atoms with Crippen molar-refractivity contribution in [2.45, 2.75) is 107 Å². The van der Waals surface area contributed by atoms with Crippen molar-refractivity contribution < 1.29 is 38.8 Å². The van der Waals surface area contributed by atoms with Gasteiger partial charge in [-0.3, -0.25) is 9.78 Å². The maximum Gasteiger partial charge on any atom is 0.330 e. The summed E-state index contributed by atoms with van der Waals surface area (Å²) in [6.07, 6.45) is 9.61. The molecule has 0 aliphatic heterocycles. The van der Waals surface area contributed by atoms with Crippen LogP contribution >= 0.6 is 11.6 Å². The number of aryl methyl sites for hydroxylation is 1. The first-order valence-corrected chi connectivity index (χ1v) is 21.6. The fourth-order valence-electron chi connectivity index (χ4n) is 9.93. The number of pyridine rings is 1. The lowest BCUT2D eigenvalue weighted by atomic mass is 9.59. The molecule has 318 valence electrons. The summed E-state index contributed by atoms with van der Waals surface area (Å²) in [5.41, 5.74) is 4.55. The number of hydrogen-bond acceptors (Lipinski definition) is 8. The SMILES string of the molecule is COc1cccc(C(NC(=O)CCCOc2ccc3c(c2)C2(CCC(Nc4cccc(Cl)c4)(C(=O)O)CC2)C(C[C@@H](C)COc2ccnc4c2[C@H](C)CCC4)C3)C(=O)O)c1. The molecular weight excluding hydrogens is 782 g/mol. The molecule has 3 aliphatic carbocycles. The van der Waals surface area contributed by atoms with Gasteiger partial charge in [-0.25, -0.2) is 9.59 Å². The highest BCUT2D eigenvalue weighted by molar-refractivity contribution is 6.30. The quantitative estimate of drug-likeness (QED) is 0.0756. The summed E-state index contributed by atoms with van der Waals surface area (Å²) < 4.78 is 18.1. The molecule has 1 aromatic heterocycles. The Bertz CT molecular complexity index is 2190. The first-order chi connectivity index (χ1) is 28.9. The molecule has 11 nitrogen and oxygen atoms in total. The zero-order valence-corrected chi connectivity index (χ0v) is 35.4. The maximum atomic E-state index is 13.1. The molecule has 4 aromatic rings. The van der Waals surface area contributed by atoms with Crippen molar-refractivity contribution in [1.29, 1.82) is 0 Å². The van der Waals surface area contributed by atoms with E-state index in [1.807, 2.05) is 30.5 Å². The van der Waals surface area contributed by atoms with Gasteiger partial charge in [0.15, 0.2) is 6.04 Å². The molecule has 3 aliphatic rings. The van der Waals surface area contributed by atoms with Gasteiger partial charge in [-0.2, -0.15) is 0 Å². The molecule has 0 radical (unpaired) electrons. The molecule has 3 aromatic carbocycles. The van der Waals surface area contributed by atoms with Crippen LogP contribution in [0.4, 0.5) is 5.69 Å². The highest BCUT2D eigenvalue weighted by atomic mass is 35.5. The van der Waals surface area contributed by atoms with Crippen molar-refractivity contribution in [3.8, 4) is 17.2 Å². The summed E-state index contributed by atoms with van der Waals surface area (Å²) in [5.74, 6) is 0.632. The number of nitrogens with one attached hydrogen (secondary N) is 2. The summed E-state index contributed by atoms with van der Waals surface area (Å²) in [6, 6.07) is 20.9. The van der Waals surface area contributed by atoms with Crippen LogP contribution < -0.4 is 24.8 Å². The average Bonchev–Trinajstić information content (AvgIpc) is 3.52. The van der Waals surface area contributed by atoms with Gasteiger partial charge in [-0.15, -0.1) is 0 Å². The Hall–Kier alpha value is -5.29. The molecule has 1 fully saturated rings. The average molecular weight is 838 g/mol. The van der Waals surface area contributed by atoms with Crippen LogP contribution in [0.25, 0.3) is 0 Å². The van der Waals surface area contributed by atoms with Crippen LogP contribution in [-0.2, 0) is 32.6 Å². The second-order valence-corrected chi connectivity index (χ2v) is 17.5. The van der Waals surface area contributed by atoms with Gasteiger partial charge in [-0.05, 0) is 153 Å². The number of ether oxygens (including phenoxy) is 3. The number of hydrogen-bond donors (Lipinski definition) is 4. The number of halogens is 1. The smallest absolute Gasteiger partial charge is 0.330 e. The van der Waals surface area contributed by atoms with Gasteiger partial charge < -0.3 is 35.1 Å². The number of fused-ring (bicyclic) bond motifs is 3. The lowest BCUT2D eigenvalue weighted by Crippen LogP contribution is -2.53. The number of carboxylic acid groups (broad SMARTS) is 2. The highest BCUT2D eigenvalue weighted by Gasteiger charge is 2.54. The minimum atomic E-state index is -1.20. The van der Waals surface area contributed by atoms with Crippen molar-refractivity contribution in [2.75, 3.05) is 25.6 Å². The van der Waals surface area contributed by atoms with Crippen LogP contribution in [0, 0.1) is 11.8 Å². The van der Waals surface area contributed by atoms with Crippen molar-refractivity contribution in [3.63, 3.8) is 0 Å². The van der Waals surface area contributed by atoms with Crippen molar-refractivity contribution >= 4 is 35.1 Å². The van der Waals surface area contributed by atoms with Crippen molar-refractivity contribution in [2.24, 2.45) is 11.8 Å². The fourth-order valence-corrected chi connectivity index (χ4v) is 10.1. The summed E-state index contributed by atoms with van der Waals surface area (Å²) >= 11 is 6.30.